The molecular formula is C17H17N3O4S. The highest BCUT2D eigenvalue weighted by molar-refractivity contribution is 7.89. The predicted molar refractivity (Wildman–Crippen MR) is 89.7 cm³/mol. The molecule has 8 heteroatoms. The van der Waals surface area contributed by atoms with E-state index in [0.29, 0.717) is 23.8 Å². The van der Waals surface area contributed by atoms with Crippen LogP contribution < -0.4 is 9.47 Å². The van der Waals surface area contributed by atoms with Crippen LogP contribution in [0.15, 0.2) is 47.5 Å². The molecule has 1 aliphatic heterocycles. The largest absolute Gasteiger partial charge is 0.494 e. The molecule has 25 heavy (non-hydrogen) atoms. The summed E-state index contributed by atoms with van der Waals surface area (Å²) in [6.07, 6.45) is 1.21. The fourth-order valence-corrected chi connectivity index (χ4v) is 3.91. The molecular weight excluding hydrogens is 342 g/mol. The highest BCUT2D eigenvalue weighted by Gasteiger charge is 2.38. The van der Waals surface area contributed by atoms with E-state index in [0.717, 1.165) is 0 Å². The SMILES string of the molecule is CCOc1ccc(S(=O)(=O)N2CC(Oc3cc(C#N)ccn3)C2)cc1. The number of hydrogen-bond acceptors (Lipinski definition) is 6. The van der Waals surface area contributed by atoms with Crippen molar-refractivity contribution in [2.45, 2.75) is 17.9 Å². The van der Waals surface area contributed by atoms with Crippen molar-refractivity contribution in [3.63, 3.8) is 0 Å². The molecule has 1 aromatic carbocycles. The lowest BCUT2D eigenvalue weighted by Crippen LogP contribution is -2.56. The van der Waals surface area contributed by atoms with Gasteiger partial charge in [0.1, 0.15) is 11.9 Å². The van der Waals surface area contributed by atoms with Crippen LogP contribution in [-0.4, -0.2) is 43.5 Å². The number of ether oxygens (including phenoxy) is 2. The Labute approximate surface area is 146 Å². The number of nitriles is 1. The zero-order valence-electron chi connectivity index (χ0n) is 13.6. The molecule has 0 bridgehead atoms. The van der Waals surface area contributed by atoms with E-state index in [9.17, 15) is 8.42 Å². The zero-order chi connectivity index (χ0) is 17.9. The fraction of sp³-hybridized carbons (Fsp3) is 0.294. The van der Waals surface area contributed by atoms with Crippen LogP contribution in [0.5, 0.6) is 11.6 Å². The van der Waals surface area contributed by atoms with E-state index in [1.165, 1.54) is 28.7 Å². The maximum absolute atomic E-state index is 12.6. The molecule has 0 aliphatic carbocycles. The molecule has 2 aromatic rings. The molecule has 0 atom stereocenters. The third kappa shape index (κ3) is 3.73. The van der Waals surface area contributed by atoms with Gasteiger partial charge in [-0.1, -0.05) is 0 Å². The number of sulfonamides is 1. The number of hydrogen-bond donors (Lipinski definition) is 0. The first kappa shape index (κ1) is 17.2. The van der Waals surface area contributed by atoms with Crippen LogP contribution >= 0.6 is 0 Å². The van der Waals surface area contributed by atoms with Gasteiger partial charge in [-0.05, 0) is 37.3 Å². The quantitative estimate of drug-likeness (QED) is 0.781. The van der Waals surface area contributed by atoms with Gasteiger partial charge in [0.2, 0.25) is 15.9 Å². The van der Waals surface area contributed by atoms with E-state index in [-0.39, 0.29) is 24.1 Å². The summed E-state index contributed by atoms with van der Waals surface area (Å²) in [5.74, 6) is 0.955. The van der Waals surface area contributed by atoms with Crippen molar-refractivity contribution in [3.05, 3.63) is 48.2 Å². The topological polar surface area (TPSA) is 92.5 Å². The van der Waals surface area contributed by atoms with Gasteiger partial charge < -0.3 is 9.47 Å². The molecule has 0 radical (unpaired) electrons. The third-order valence-electron chi connectivity index (χ3n) is 3.74. The number of aromatic nitrogens is 1. The smallest absolute Gasteiger partial charge is 0.243 e. The number of nitrogens with zero attached hydrogens (tertiary/aromatic N) is 3. The normalized spacial score (nSPS) is 15.2. The first-order valence-electron chi connectivity index (χ1n) is 7.78. The summed E-state index contributed by atoms with van der Waals surface area (Å²) in [4.78, 5) is 4.25. The predicted octanol–water partition coefficient (Wildman–Crippen LogP) is 1.80. The minimum Gasteiger partial charge on any atom is -0.494 e. The number of rotatable bonds is 6. The Morgan fingerprint density at radius 3 is 2.64 bits per heavy atom. The number of benzene rings is 1. The monoisotopic (exact) mass is 359 g/mol. The average Bonchev–Trinajstić information content (AvgIpc) is 2.58. The molecule has 0 N–H and O–H groups in total. The zero-order valence-corrected chi connectivity index (χ0v) is 14.4. The standard InChI is InChI=1S/C17H17N3O4S/c1-2-23-14-3-5-16(6-4-14)25(21,22)20-11-15(12-20)24-17-9-13(10-18)7-8-19-17/h3-9,15H,2,11-12H2,1H3. The Bertz CT molecular complexity index is 885. The molecule has 1 aliphatic rings. The second-order valence-electron chi connectivity index (χ2n) is 5.46. The van der Waals surface area contributed by atoms with Crippen molar-refractivity contribution in [3.8, 4) is 17.7 Å². The van der Waals surface area contributed by atoms with Crippen LogP contribution in [0.3, 0.4) is 0 Å². The summed E-state index contributed by atoms with van der Waals surface area (Å²) in [6.45, 7) is 2.88. The van der Waals surface area contributed by atoms with Crippen molar-refractivity contribution in [1.29, 1.82) is 5.26 Å². The van der Waals surface area contributed by atoms with E-state index < -0.39 is 10.0 Å². The lowest BCUT2D eigenvalue weighted by molar-refractivity contribution is 0.0720. The van der Waals surface area contributed by atoms with Crippen LogP contribution in [0, 0.1) is 11.3 Å². The van der Waals surface area contributed by atoms with E-state index in [2.05, 4.69) is 4.98 Å². The molecule has 0 saturated carbocycles. The van der Waals surface area contributed by atoms with Gasteiger partial charge in [0.15, 0.2) is 0 Å². The molecule has 0 unspecified atom stereocenters. The molecule has 3 rings (SSSR count). The second-order valence-corrected chi connectivity index (χ2v) is 7.40. The summed E-state index contributed by atoms with van der Waals surface area (Å²) >= 11 is 0. The van der Waals surface area contributed by atoms with Gasteiger partial charge in [-0.15, -0.1) is 0 Å². The number of pyridine rings is 1. The lowest BCUT2D eigenvalue weighted by atomic mass is 10.2. The molecule has 0 spiro atoms. The molecule has 1 saturated heterocycles. The van der Waals surface area contributed by atoms with Gasteiger partial charge in [-0.3, -0.25) is 0 Å². The van der Waals surface area contributed by atoms with E-state index in [4.69, 9.17) is 14.7 Å². The molecule has 1 aromatic heterocycles. The molecule has 0 amide bonds. The first-order chi connectivity index (χ1) is 12.0. The van der Waals surface area contributed by atoms with Gasteiger partial charge in [-0.2, -0.15) is 9.57 Å². The van der Waals surface area contributed by atoms with Crippen molar-refractivity contribution in [2.75, 3.05) is 19.7 Å². The first-order valence-corrected chi connectivity index (χ1v) is 9.22. The summed E-state index contributed by atoms with van der Waals surface area (Å²) in [6, 6.07) is 11.5. The van der Waals surface area contributed by atoms with Crippen molar-refractivity contribution in [1.82, 2.24) is 9.29 Å². The average molecular weight is 359 g/mol. The maximum atomic E-state index is 12.6. The molecule has 2 heterocycles. The summed E-state index contributed by atoms with van der Waals surface area (Å²) in [5.41, 5.74) is 0.447. The Hall–Kier alpha value is -2.63. The highest BCUT2D eigenvalue weighted by Crippen LogP contribution is 2.25. The Balaban J connectivity index is 1.61. The van der Waals surface area contributed by atoms with Crippen LogP contribution in [0.25, 0.3) is 0 Å². The van der Waals surface area contributed by atoms with Gasteiger partial charge >= 0.3 is 0 Å². The lowest BCUT2D eigenvalue weighted by Gasteiger charge is -2.37. The van der Waals surface area contributed by atoms with Crippen LogP contribution in [0.1, 0.15) is 12.5 Å². The summed E-state index contributed by atoms with van der Waals surface area (Å²) in [7, 11) is -3.55. The summed E-state index contributed by atoms with van der Waals surface area (Å²) in [5, 5.41) is 8.87. The Morgan fingerprint density at radius 1 is 1.28 bits per heavy atom. The third-order valence-corrected chi connectivity index (χ3v) is 5.58. The van der Waals surface area contributed by atoms with E-state index in [1.54, 1.807) is 18.2 Å². The van der Waals surface area contributed by atoms with Crippen LogP contribution in [0.2, 0.25) is 0 Å². The Kier molecular flexibility index (Phi) is 4.88. The molecule has 130 valence electrons. The maximum Gasteiger partial charge on any atom is 0.243 e. The van der Waals surface area contributed by atoms with Gasteiger partial charge in [0, 0.05) is 12.3 Å². The Morgan fingerprint density at radius 2 is 2.00 bits per heavy atom. The van der Waals surface area contributed by atoms with E-state index in [1.807, 2.05) is 13.0 Å². The van der Waals surface area contributed by atoms with Crippen LogP contribution in [0.4, 0.5) is 0 Å². The van der Waals surface area contributed by atoms with Crippen molar-refractivity contribution < 1.29 is 17.9 Å². The van der Waals surface area contributed by atoms with Crippen molar-refractivity contribution in [2.24, 2.45) is 0 Å². The highest BCUT2D eigenvalue weighted by atomic mass is 32.2. The molecule has 1 fully saturated rings. The minimum atomic E-state index is -3.55. The molecule has 7 nitrogen and oxygen atoms in total. The second kappa shape index (κ2) is 7.09. The van der Waals surface area contributed by atoms with Crippen molar-refractivity contribution >= 4 is 10.0 Å². The van der Waals surface area contributed by atoms with Crippen LogP contribution in [-0.2, 0) is 10.0 Å². The van der Waals surface area contributed by atoms with Gasteiger partial charge in [0.05, 0.1) is 36.2 Å². The minimum absolute atomic E-state index is 0.221. The summed E-state index contributed by atoms with van der Waals surface area (Å²) < 4.78 is 37.4. The fourth-order valence-electron chi connectivity index (χ4n) is 2.41. The van der Waals surface area contributed by atoms with Gasteiger partial charge in [0.25, 0.3) is 0 Å². The van der Waals surface area contributed by atoms with Gasteiger partial charge in [-0.25, -0.2) is 13.4 Å². The van der Waals surface area contributed by atoms with E-state index >= 15 is 0 Å².